The highest BCUT2D eigenvalue weighted by molar-refractivity contribution is 8.01. The largest absolute Gasteiger partial charge is 0.459 e. The van der Waals surface area contributed by atoms with Crippen molar-refractivity contribution in [3.8, 4) is 0 Å². The molecule has 0 bridgehead atoms. The van der Waals surface area contributed by atoms with Gasteiger partial charge in [-0.2, -0.15) is 0 Å². The van der Waals surface area contributed by atoms with Gasteiger partial charge in [-0.25, -0.2) is 4.79 Å². The van der Waals surface area contributed by atoms with Gasteiger partial charge in [0.05, 0.1) is 11.2 Å². The van der Waals surface area contributed by atoms with Gasteiger partial charge in [0.1, 0.15) is 24.1 Å². The van der Waals surface area contributed by atoms with E-state index in [1.165, 1.54) is 5.56 Å². The second-order valence-electron chi connectivity index (χ2n) is 10.8. The van der Waals surface area contributed by atoms with E-state index in [0.717, 1.165) is 43.6 Å². The molecular formula is C32H33N3O4S. The summed E-state index contributed by atoms with van der Waals surface area (Å²) in [4.78, 5) is 44.0. The minimum atomic E-state index is -0.667. The lowest BCUT2D eigenvalue weighted by Gasteiger charge is -2.45. The molecule has 1 N–H and O–H groups in total. The first-order valence-electron chi connectivity index (χ1n) is 13.8. The SMILES string of the molecule is O=C(Cc1ccccc1)NC1C(=O)N2C(C(=O)OCc3ccccc3)C3(CCN(Cc4ccccc4)CC3)S[C@H]12. The van der Waals surface area contributed by atoms with Crippen LogP contribution in [0.25, 0.3) is 0 Å². The summed E-state index contributed by atoms with van der Waals surface area (Å²) in [6.45, 7) is 2.67. The predicted molar refractivity (Wildman–Crippen MR) is 154 cm³/mol. The number of amides is 2. The Morgan fingerprint density at radius 1 is 0.850 bits per heavy atom. The number of β-lactam (4-membered cyclic amide) rings is 1. The van der Waals surface area contributed by atoms with E-state index >= 15 is 0 Å². The summed E-state index contributed by atoms with van der Waals surface area (Å²) in [6.07, 6.45) is 1.74. The van der Waals surface area contributed by atoms with Crippen LogP contribution in [0, 0.1) is 0 Å². The fourth-order valence-corrected chi connectivity index (χ4v) is 7.94. The topological polar surface area (TPSA) is 79.0 Å². The Bertz CT molecular complexity index is 1350. The van der Waals surface area contributed by atoms with E-state index in [-0.39, 0.29) is 36.2 Å². The average Bonchev–Trinajstić information content (AvgIpc) is 3.28. The zero-order valence-electron chi connectivity index (χ0n) is 22.3. The highest BCUT2D eigenvalue weighted by Crippen LogP contribution is 2.56. The minimum absolute atomic E-state index is 0.168. The summed E-state index contributed by atoms with van der Waals surface area (Å²) in [5.74, 6) is -0.756. The molecule has 3 aromatic rings. The van der Waals surface area contributed by atoms with Gasteiger partial charge in [-0.3, -0.25) is 14.5 Å². The van der Waals surface area contributed by atoms with Gasteiger partial charge in [0.15, 0.2) is 0 Å². The number of benzene rings is 3. The number of likely N-dealkylation sites (tertiary alicyclic amines) is 1. The van der Waals surface area contributed by atoms with Gasteiger partial charge in [0.2, 0.25) is 11.8 Å². The van der Waals surface area contributed by atoms with Crippen LogP contribution < -0.4 is 5.32 Å². The van der Waals surface area contributed by atoms with Gasteiger partial charge < -0.3 is 15.0 Å². The molecule has 0 aromatic heterocycles. The molecule has 6 rings (SSSR count). The quantitative estimate of drug-likeness (QED) is 0.337. The van der Waals surface area contributed by atoms with Gasteiger partial charge >= 0.3 is 5.97 Å². The van der Waals surface area contributed by atoms with Crippen molar-refractivity contribution in [2.45, 2.75) is 54.6 Å². The van der Waals surface area contributed by atoms with Gasteiger partial charge in [0.25, 0.3) is 0 Å². The molecule has 3 aliphatic heterocycles. The number of hydrogen-bond acceptors (Lipinski definition) is 6. The first kappa shape index (κ1) is 26.6. The maximum atomic E-state index is 13.6. The van der Waals surface area contributed by atoms with E-state index in [4.69, 9.17) is 4.74 Å². The lowest BCUT2D eigenvalue weighted by Crippen LogP contribution is -2.71. The van der Waals surface area contributed by atoms with E-state index in [0.29, 0.717) is 0 Å². The summed E-state index contributed by atoms with van der Waals surface area (Å²) in [6, 6.07) is 28.2. The molecule has 206 valence electrons. The Balaban J connectivity index is 1.17. The lowest BCUT2D eigenvalue weighted by atomic mass is 9.85. The van der Waals surface area contributed by atoms with Crippen LogP contribution in [0.5, 0.6) is 0 Å². The number of rotatable bonds is 8. The first-order chi connectivity index (χ1) is 19.5. The molecule has 3 aromatic carbocycles. The summed E-state index contributed by atoms with van der Waals surface area (Å²) in [5.41, 5.74) is 3.06. The van der Waals surface area contributed by atoms with Gasteiger partial charge in [-0.15, -0.1) is 11.8 Å². The maximum absolute atomic E-state index is 13.6. The van der Waals surface area contributed by atoms with Crippen molar-refractivity contribution in [1.82, 2.24) is 15.1 Å². The van der Waals surface area contributed by atoms with Crippen molar-refractivity contribution >= 4 is 29.5 Å². The molecule has 3 heterocycles. The molecule has 0 radical (unpaired) electrons. The molecule has 3 aliphatic rings. The minimum Gasteiger partial charge on any atom is -0.459 e. The Labute approximate surface area is 238 Å². The van der Waals surface area contributed by atoms with Crippen LogP contribution in [0.2, 0.25) is 0 Å². The van der Waals surface area contributed by atoms with Crippen LogP contribution in [0.15, 0.2) is 91.0 Å². The standard InChI is InChI=1S/C32H33N3O4S/c36-26(20-23-10-4-1-5-11-23)33-27-29(37)35-28(31(38)39-22-25-14-8-3-9-15-25)32(40-30(27)35)16-18-34(19-17-32)21-24-12-6-2-7-13-24/h1-15,27-28,30H,16-22H2,(H,33,36)/t27?,28?,30-/m1/s1. The number of nitrogens with zero attached hydrogens (tertiary/aromatic N) is 2. The van der Waals surface area contributed by atoms with E-state index in [9.17, 15) is 14.4 Å². The van der Waals surface area contributed by atoms with E-state index in [1.54, 1.807) is 16.7 Å². The highest BCUT2D eigenvalue weighted by Gasteiger charge is 2.67. The zero-order chi connectivity index (χ0) is 27.5. The monoisotopic (exact) mass is 555 g/mol. The number of carbonyl (C=O) groups excluding carboxylic acids is 3. The Kier molecular flexibility index (Phi) is 7.63. The van der Waals surface area contributed by atoms with Gasteiger partial charge in [0, 0.05) is 6.54 Å². The lowest BCUT2D eigenvalue weighted by molar-refractivity contribution is -0.166. The van der Waals surface area contributed by atoms with Crippen molar-refractivity contribution in [2.24, 2.45) is 0 Å². The molecule has 2 unspecified atom stereocenters. The number of thioether (sulfide) groups is 1. The number of carbonyl (C=O) groups is 3. The fraction of sp³-hybridized carbons (Fsp3) is 0.344. The third kappa shape index (κ3) is 5.38. The van der Waals surface area contributed by atoms with E-state index < -0.39 is 16.8 Å². The Morgan fingerprint density at radius 3 is 2.05 bits per heavy atom. The number of fused-ring (bicyclic) bond motifs is 1. The van der Waals surface area contributed by atoms with Crippen LogP contribution in [0.1, 0.15) is 29.5 Å². The number of esters is 1. The molecule has 40 heavy (non-hydrogen) atoms. The first-order valence-corrected chi connectivity index (χ1v) is 14.7. The Morgan fingerprint density at radius 2 is 1.43 bits per heavy atom. The molecule has 8 heteroatoms. The van der Waals surface area contributed by atoms with Gasteiger partial charge in [-0.05, 0) is 42.6 Å². The molecule has 3 fully saturated rings. The van der Waals surface area contributed by atoms with Crippen molar-refractivity contribution < 1.29 is 19.1 Å². The molecule has 3 atom stereocenters. The number of hydrogen-bond donors (Lipinski definition) is 1. The van der Waals surface area contributed by atoms with Crippen LogP contribution in [0.3, 0.4) is 0 Å². The third-order valence-electron chi connectivity index (χ3n) is 8.13. The molecule has 7 nitrogen and oxygen atoms in total. The smallest absolute Gasteiger partial charge is 0.330 e. The maximum Gasteiger partial charge on any atom is 0.330 e. The van der Waals surface area contributed by atoms with Crippen LogP contribution in [0.4, 0.5) is 0 Å². The normalized spacial score (nSPS) is 23.4. The second-order valence-corrected chi connectivity index (χ2v) is 12.3. The summed E-state index contributed by atoms with van der Waals surface area (Å²) >= 11 is 1.67. The van der Waals surface area contributed by atoms with Crippen molar-refractivity contribution in [2.75, 3.05) is 13.1 Å². The van der Waals surface area contributed by atoms with Gasteiger partial charge in [-0.1, -0.05) is 91.0 Å². The average molecular weight is 556 g/mol. The van der Waals surface area contributed by atoms with E-state index in [2.05, 4.69) is 34.5 Å². The summed E-state index contributed by atoms with van der Waals surface area (Å²) < 4.78 is 5.37. The predicted octanol–water partition coefficient (Wildman–Crippen LogP) is 3.78. The third-order valence-corrected chi connectivity index (χ3v) is 9.98. The highest BCUT2D eigenvalue weighted by atomic mass is 32.2. The molecule has 2 amide bonds. The zero-order valence-corrected chi connectivity index (χ0v) is 23.1. The summed E-state index contributed by atoms with van der Waals surface area (Å²) in [5, 5.41) is 2.68. The molecule has 0 aliphatic carbocycles. The molecule has 3 saturated heterocycles. The number of piperidine rings is 1. The van der Waals surface area contributed by atoms with Crippen molar-refractivity contribution in [3.63, 3.8) is 0 Å². The summed E-state index contributed by atoms with van der Waals surface area (Å²) in [7, 11) is 0. The molecular weight excluding hydrogens is 522 g/mol. The van der Waals surface area contributed by atoms with Crippen LogP contribution in [-0.4, -0.2) is 62.9 Å². The van der Waals surface area contributed by atoms with Crippen LogP contribution in [-0.2, 0) is 38.7 Å². The number of ether oxygens (including phenoxy) is 1. The van der Waals surface area contributed by atoms with Crippen molar-refractivity contribution in [3.05, 3.63) is 108 Å². The van der Waals surface area contributed by atoms with Crippen LogP contribution >= 0.6 is 11.8 Å². The fourth-order valence-electron chi connectivity index (χ4n) is 6.04. The molecule has 0 saturated carbocycles. The van der Waals surface area contributed by atoms with Crippen molar-refractivity contribution in [1.29, 1.82) is 0 Å². The van der Waals surface area contributed by atoms with E-state index in [1.807, 2.05) is 66.7 Å². The second kappa shape index (κ2) is 11.5. The number of nitrogens with one attached hydrogen (secondary N) is 1. The molecule has 1 spiro atoms. The Hall–Kier alpha value is -3.62.